The van der Waals surface area contributed by atoms with E-state index in [1.54, 1.807) is 13.8 Å². The molecule has 0 aliphatic heterocycles. The van der Waals surface area contributed by atoms with Crippen molar-refractivity contribution in [2.24, 2.45) is 0 Å². The minimum Gasteiger partial charge on any atom is -0.312 e. The molecule has 0 spiro atoms. The van der Waals surface area contributed by atoms with Gasteiger partial charge in [-0.1, -0.05) is 13.8 Å². The van der Waals surface area contributed by atoms with Crippen LogP contribution in [0, 0.1) is 0 Å². The van der Waals surface area contributed by atoms with Gasteiger partial charge in [0.25, 0.3) is 0 Å². The number of aryl methyl sites for hydroxylation is 1. The highest BCUT2D eigenvalue weighted by Gasteiger charge is 2.20. The van der Waals surface area contributed by atoms with Crippen LogP contribution in [0.4, 0.5) is 0 Å². The molecule has 4 nitrogen and oxygen atoms in total. The molecule has 1 aromatic rings. The lowest BCUT2D eigenvalue weighted by Gasteiger charge is -2.04. The van der Waals surface area contributed by atoms with Crippen molar-refractivity contribution in [2.75, 3.05) is 6.54 Å². The summed E-state index contributed by atoms with van der Waals surface area (Å²) < 4.78 is 23.7. The smallest absolute Gasteiger partial charge is 0.159 e. The summed E-state index contributed by atoms with van der Waals surface area (Å²) in [4.78, 5) is 5.61. The van der Waals surface area contributed by atoms with Gasteiger partial charge < -0.3 is 5.32 Å². The van der Waals surface area contributed by atoms with E-state index in [2.05, 4.69) is 17.2 Å². The molecule has 0 atom stereocenters. The average molecular weight is 290 g/mol. The standard InChI is InChI=1S/C12H22N2O2S2/c1-5-10-11(7-13-6-2)17-12(14-10)8-18(15,16)9(3)4/h9,13H,5-8H2,1-4H3. The van der Waals surface area contributed by atoms with Crippen LogP contribution in [0.5, 0.6) is 0 Å². The van der Waals surface area contributed by atoms with Gasteiger partial charge >= 0.3 is 0 Å². The van der Waals surface area contributed by atoms with Gasteiger partial charge in [-0.15, -0.1) is 11.3 Å². The molecule has 1 rings (SSSR count). The number of thiazole rings is 1. The van der Waals surface area contributed by atoms with E-state index in [0.717, 1.165) is 30.1 Å². The van der Waals surface area contributed by atoms with Crippen LogP contribution in [-0.2, 0) is 28.6 Å². The lowest BCUT2D eigenvalue weighted by Crippen LogP contribution is -2.15. The Kier molecular flexibility index (Phi) is 5.75. The van der Waals surface area contributed by atoms with E-state index in [1.807, 2.05) is 6.92 Å². The first-order valence-corrected chi connectivity index (χ1v) is 8.83. The van der Waals surface area contributed by atoms with Crippen molar-refractivity contribution in [1.82, 2.24) is 10.3 Å². The fourth-order valence-corrected chi connectivity index (χ4v) is 3.88. The van der Waals surface area contributed by atoms with E-state index in [1.165, 1.54) is 11.3 Å². The van der Waals surface area contributed by atoms with Crippen molar-refractivity contribution < 1.29 is 8.42 Å². The van der Waals surface area contributed by atoms with Gasteiger partial charge in [-0.05, 0) is 26.8 Å². The van der Waals surface area contributed by atoms with Gasteiger partial charge in [-0.2, -0.15) is 0 Å². The van der Waals surface area contributed by atoms with Crippen molar-refractivity contribution in [1.29, 1.82) is 0 Å². The molecule has 6 heteroatoms. The van der Waals surface area contributed by atoms with Crippen LogP contribution in [-0.4, -0.2) is 25.2 Å². The lowest BCUT2D eigenvalue weighted by atomic mass is 10.3. The quantitative estimate of drug-likeness (QED) is 0.836. The van der Waals surface area contributed by atoms with Crippen LogP contribution in [0.1, 0.15) is 43.3 Å². The van der Waals surface area contributed by atoms with Crippen molar-refractivity contribution >= 4 is 21.2 Å². The molecule has 0 radical (unpaired) electrons. The fraction of sp³-hybridized carbons (Fsp3) is 0.750. The second-order valence-electron chi connectivity index (χ2n) is 4.47. The molecule has 104 valence electrons. The molecular weight excluding hydrogens is 268 g/mol. The molecule has 0 unspecified atom stereocenters. The Morgan fingerprint density at radius 2 is 2.00 bits per heavy atom. The maximum atomic E-state index is 11.9. The molecule has 0 saturated carbocycles. The first-order chi connectivity index (χ1) is 8.40. The fourth-order valence-electron chi connectivity index (χ4n) is 1.49. The maximum Gasteiger partial charge on any atom is 0.159 e. The van der Waals surface area contributed by atoms with Gasteiger partial charge in [-0.3, -0.25) is 0 Å². The lowest BCUT2D eigenvalue weighted by molar-refractivity contribution is 0.586. The van der Waals surface area contributed by atoms with Crippen LogP contribution < -0.4 is 5.32 Å². The predicted molar refractivity (Wildman–Crippen MR) is 76.6 cm³/mol. The Morgan fingerprint density at radius 1 is 1.33 bits per heavy atom. The van der Waals surface area contributed by atoms with Crippen LogP contribution >= 0.6 is 11.3 Å². The Hall–Kier alpha value is -0.460. The van der Waals surface area contributed by atoms with Gasteiger partial charge in [0, 0.05) is 11.4 Å². The number of rotatable bonds is 7. The Balaban J connectivity index is 2.88. The molecule has 0 saturated heterocycles. The molecule has 1 N–H and O–H groups in total. The zero-order chi connectivity index (χ0) is 13.8. The molecule has 1 aromatic heterocycles. The summed E-state index contributed by atoms with van der Waals surface area (Å²) in [5.41, 5.74) is 1.02. The summed E-state index contributed by atoms with van der Waals surface area (Å²) in [6, 6.07) is 0. The van der Waals surface area contributed by atoms with E-state index >= 15 is 0 Å². The zero-order valence-corrected chi connectivity index (χ0v) is 13.1. The Labute approximate surface area is 114 Å². The SMILES string of the molecule is CCNCc1sc(CS(=O)(=O)C(C)C)nc1CC. The first-order valence-electron chi connectivity index (χ1n) is 6.30. The largest absolute Gasteiger partial charge is 0.312 e. The van der Waals surface area contributed by atoms with E-state index in [9.17, 15) is 8.42 Å². The van der Waals surface area contributed by atoms with E-state index < -0.39 is 9.84 Å². The van der Waals surface area contributed by atoms with Crippen molar-refractivity contribution in [3.8, 4) is 0 Å². The second kappa shape index (κ2) is 6.63. The highest BCUT2D eigenvalue weighted by Crippen LogP contribution is 2.22. The third-order valence-corrected chi connectivity index (χ3v) is 6.13. The molecule has 0 aliphatic carbocycles. The molecule has 0 bridgehead atoms. The summed E-state index contributed by atoms with van der Waals surface area (Å²) in [6.45, 7) is 9.20. The summed E-state index contributed by atoms with van der Waals surface area (Å²) in [6.07, 6.45) is 0.846. The molecule has 0 aromatic carbocycles. The van der Waals surface area contributed by atoms with Crippen LogP contribution in [0.3, 0.4) is 0 Å². The number of sulfone groups is 1. The molecule has 1 heterocycles. The number of nitrogens with zero attached hydrogens (tertiary/aromatic N) is 1. The highest BCUT2D eigenvalue weighted by molar-refractivity contribution is 7.91. The number of hydrogen-bond donors (Lipinski definition) is 1. The molecule has 0 fully saturated rings. The summed E-state index contributed by atoms with van der Waals surface area (Å²) >= 11 is 1.52. The minimum absolute atomic E-state index is 0.0639. The number of hydrogen-bond acceptors (Lipinski definition) is 5. The predicted octanol–water partition coefficient (Wildman–Crippen LogP) is 2.14. The van der Waals surface area contributed by atoms with Crippen molar-refractivity contribution in [2.45, 2.75) is 51.7 Å². The van der Waals surface area contributed by atoms with Gasteiger partial charge in [0.15, 0.2) is 9.84 Å². The van der Waals surface area contributed by atoms with Crippen LogP contribution in [0.2, 0.25) is 0 Å². The van der Waals surface area contributed by atoms with E-state index in [0.29, 0.717) is 5.01 Å². The van der Waals surface area contributed by atoms with Crippen molar-refractivity contribution in [3.05, 3.63) is 15.6 Å². The molecule has 18 heavy (non-hydrogen) atoms. The third-order valence-electron chi connectivity index (χ3n) is 2.74. The van der Waals surface area contributed by atoms with Crippen LogP contribution in [0.15, 0.2) is 0 Å². The van der Waals surface area contributed by atoms with Crippen LogP contribution in [0.25, 0.3) is 0 Å². The van der Waals surface area contributed by atoms with Gasteiger partial charge in [-0.25, -0.2) is 13.4 Å². The molecular formula is C12H22N2O2S2. The van der Waals surface area contributed by atoms with Gasteiger partial charge in [0.1, 0.15) is 10.8 Å². The summed E-state index contributed by atoms with van der Waals surface area (Å²) in [5, 5.41) is 3.63. The summed E-state index contributed by atoms with van der Waals surface area (Å²) in [7, 11) is -3.06. The van der Waals surface area contributed by atoms with Gasteiger partial charge in [0.2, 0.25) is 0 Å². The summed E-state index contributed by atoms with van der Waals surface area (Å²) in [5.74, 6) is 0.0639. The second-order valence-corrected chi connectivity index (χ2v) is 8.19. The minimum atomic E-state index is -3.06. The number of aromatic nitrogens is 1. The van der Waals surface area contributed by atoms with E-state index in [-0.39, 0.29) is 11.0 Å². The number of nitrogens with one attached hydrogen (secondary N) is 1. The van der Waals surface area contributed by atoms with Crippen molar-refractivity contribution in [3.63, 3.8) is 0 Å². The van der Waals surface area contributed by atoms with Gasteiger partial charge in [0.05, 0.1) is 10.9 Å². The molecule has 0 amide bonds. The average Bonchev–Trinajstić information content (AvgIpc) is 2.67. The topological polar surface area (TPSA) is 59.1 Å². The van der Waals surface area contributed by atoms with E-state index in [4.69, 9.17) is 0 Å². The zero-order valence-electron chi connectivity index (χ0n) is 11.5. The third kappa shape index (κ3) is 4.03. The normalized spacial score (nSPS) is 12.3. The highest BCUT2D eigenvalue weighted by atomic mass is 32.2. The molecule has 0 aliphatic rings. The Morgan fingerprint density at radius 3 is 2.50 bits per heavy atom. The maximum absolute atomic E-state index is 11.9. The Bertz CT molecular complexity index is 478. The monoisotopic (exact) mass is 290 g/mol. The first kappa shape index (κ1) is 15.6.